The van der Waals surface area contributed by atoms with Crippen LogP contribution in [0, 0.1) is 0 Å². The number of rotatable bonds is 1. The average molecular weight is 425 g/mol. The molecule has 0 unspecified atom stereocenters. The van der Waals surface area contributed by atoms with Gasteiger partial charge in [-0.2, -0.15) is 0 Å². The first-order chi connectivity index (χ1) is 16.0. The van der Waals surface area contributed by atoms with E-state index in [1.54, 1.807) is 0 Å². The number of para-hydroxylation sites is 2. The lowest BCUT2D eigenvalue weighted by Crippen LogP contribution is -2.11. The quantitative estimate of drug-likeness (QED) is 0.239. The second-order valence-corrected chi connectivity index (χ2v) is 10.2. The van der Waals surface area contributed by atoms with Crippen molar-refractivity contribution in [3.8, 4) is 11.1 Å². The van der Waals surface area contributed by atoms with E-state index in [0.717, 1.165) is 16.7 Å². The van der Waals surface area contributed by atoms with Crippen molar-refractivity contribution in [3.05, 3.63) is 96.6 Å². The second kappa shape index (κ2) is 6.36. The van der Waals surface area contributed by atoms with Gasteiger partial charge in [-0.1, -0.05) is 106 Å². The molecule has 158 valence electrons. The molecule has 0 atom stereocenters. The first-order valence-electron chi connectivity index (χ1n) is 11.6. The summed E-state index contributed by atoms with van der Waals surface area (Å²) >= 11 is 0. The lowest BCUT2D eigenvalue weighted by Gasteiger charge is -2.23. The fraction of sp³-hybridized carbons (Fsp3) is 0.125. The minimum Gasteiger partial charge on any atom is -0.455 e. The van der Waals surface area contributed by atoms with Gasteiger partial charge in [-0.05, 0) is 54.9 Å². The largest absolute Gasteiger partial charge is 0.455 e. The molecule has 0 saturated carbocycles. The summed E-state index contributed by atoms with van der Waals surface area (Å²) in [6, 6.07) is 33.1. The van der Waals surface area contributed by atoms with Crippen LogP contribution in [0.4, 0.5) is 0 Å². The minimum absolute atomic E-state index is 0.0883. The molecule has 0 aliphatic rings. The molecule has 0 aliphatic carbocycles. The highest BCUT2D eigenvalue weighted by Gasteiger charge is 2.21. The zero-order valence-electron chi connectivity index (χ0n) is 19.1. The van der Waals surface area contributed by atoms with Gasteiger partial charge >= 0.3 is 0 Å². The van der Waals surface area contributed by atoms with Crippen LogP contribution in [0.25, 0.3) is 65.4 Å². The van der Waals surface area contributed by atoms with E-state index in [-0.39, 0.29) is 5.41 Å². The molecule has 0 aliphatic heterocycles. The normalized spacial score (nSPS) is 12.7. The molecule has 33 heavy (non-hydrogen) atoms. The van der Waals surface area contributed by atoms with Crippen molar-refractivity contribution in [3.63, 3.8) is 0 Å². The van der Waals surface area contributed by atoms with E-state index in [2.05, 4.69) is 106 Å². The summed E-state index contributed by atoms with van der Waals surface area (Å²) in [5.41, 5.74) is 5.76. The van der Waals surface area contributed by atoms with E-state index in [9.17, 15) is 0 Å². The van der Waals surface area contributed by atoms with Crippen LogP contribution in [-0.4, -0.2) is 0 Å². The summed E-state index contributed by atoms with van der Waals surface area (Å²) in [5, 5.41) is 10.3. The molecule has 0 fully saturated rings. The molecule has 1 nitrogen and oxygen atoms in total. The lowest BCUT2D eigenvalue weighted by atomic mass is 9.81. The Morgan fingerprint density at radius 3 is 2.00 bits per heavy atom. The van der Waals surface area contributed by atoms with E-state index in [1.165, 1.54) is 54.2 Å². The Hall–Kier alpha value is -3.84. The van der Waals surface area contributed by atoms with Crippen LogP contribution in [0.3, 0.4) is 0 Å². The fourth-order valence-corrected chi connectivity index (χ4v) is 5.65. The van der Waals surface area contributed by atoms with Gasteiger partial charge in [0.1, 0.15) is 11.2 Å². The summed E-state index contributed by atoms with van der Waals surface area (Å²) in [4.78, 5) is 0. The lowest BCUT2D eigenvalue weighted by molar-refractivity contribution is 0.596. The highest BCUT2D eigenvalue weighted by Crippen LogP contribution is 2.44. The SMILES string of the molecule is CC(C)(C)c1ccc2ccc3c(-c4cccc5c4oc4ccccc45)ccc4ccc1c2c43. The summed E-state index contributed by atoms with van der Waals surface area (Å²) in [6.07, 6.45) is 0. The van der Waals surface area contributed by atoms with Crippen molar-refractivity contribution in [1.82, 2.24) is 0 Å². The number of hydrogen-bond acceptors (Lipinski definition) is 1. The monoisotopic (exact) mass is 424 g/mol. The Balaban J connectivity index is 1.62. The Morgan fingerprint density at radius 2 is 1.18 bits per heavy atom. The predicted octanol–water partition coefficient (Wildman–Crippen LogP) is 9.45. The summed E-state index contributed by atoms with van der Waals surface area (Å²) in [5.74, 6) is 0. The van der Waals surface area contributed by atoms with Crippen LogP contribution >= 0.6 is 0 Å². The number of furan rings is 1. The zero-order valence-corrected chi connectivity index (χ0v) is 19.1. The third-order valence-corrected chi connectivity index (χ3v) is 7.17. The smallest absolute Gasteiger partial charge is 0.143 e. The van der Waals surface area contributed by atoms with Crippen LogP contribution in [0.5, 0.6) is 0 Å². The zero-order chi connectivity index (χ0) is 22.3. The number of benzene rings is 6. The standard InChI is InChI=1S/C32H24O/c1-32(2,3)27-18-14-20-12-16-23-21(15-11-19-13-17-26(27)30(20)29(19)23)24-8-6-9-25-22-7-4-5-10-28(22)33-31(24)25/h4-18H,1-3H3. The summed E-state index contributed by atoms with van der Waals surface area (Å²) in [7, 11) is 0. The molecular weight excluding hydrogens is 400 g/mol. The molecule has 0 amide bonds. The highest BCUT2D eigenvalue weighted by molar-refractivity contribution is 6.27. The Bertz CT molecular complexity index is 1840. The topological polar surface area (TPSA) is 13.1 Å². The molecular formula is C32H24O. The third-order valence-electron chi connectivity index (χ3n) is 7.17. The average Bonchev–Trinajstić information content (AvgIpc) is 3.20. The molecule has 1 aromatic heterocycles. The van der Waals surface area contributed by atoms with Gasteiger partial charge < -0.3 is 4.42 Å². The molecule has 0 radical (unpaired) electrons. The van der Waals surface area contributed by atoms with Gasteiger partial charge in [0.25, 0.3) is 0 Å². The first-order valence-corrected chi connectivity index (χ1v) is 11.6. The molecule has 6 aromatic carbocycles. The fourth-order valence-electron chi connectivity index (χ4n) is 5.65. The third kappa shape index (κ3) is 2.54. The Morgan fingerprint density at radius 1 is 0.515 bits per heavy atom. The van der Waals surface area contributed by atoms with Gasteiger partial charge in [-0.15, -0.1) is 0 Å². The van der Waals surface area contributed by atoms with Crippen LogP contribution in [0.1, 0.15) is 26.3 Å². The van der Waals surface area contributed by atoms with Crippen molar-refractivity contribution in [2.24, 2.45) is 0 Å². The van der Waals surface area contributed by atoms with E-state index in [4.69, 9.17) is 4.42 Å². The first kappa shape index (κ1) is 18.7. The Kier molecular flexibility index (Phi) is 3.60. The number of hydrogen-bond donors (Lipinski definition) is 0. The predicted molar refractivity (Wildman–Crippen MR) is 142 cm³/mol. The maximum atomic E-state index is 6.39. The van der Waals surface area contributed by atoms with Gasteiger partial charge in [0, 0.05) is 16.3 Å². The number of fused-ring (bicyclic) bond motifs is 3. The van der Waals surface area contributed by atoms with Gasteiger partial charge in [-0.25, -0.2) is 0 Å². The molecule has 7 aromatic rings. The maximum Gasteiger partial charge on any atom is 0.143 e. The van der Waals surface area contributed by atoms with Crippen molar-refractivity contribution < 1.29 is 4.42 Å². The molecule has 0 bridgehead atoms. The summed E-state index contributed by atoms with van der Waals surface area (Å²) in [6.45, 7) is 6.90. The molecule has 1 heteroatoms. The molecule has 0 saturated heterocycles. The molecule has 1 heterocycles. The van der Waals surface area contributed by atoms with Crippen LogP contribution in [-0.2, 0) is 5.41 Å². The van der Waals surface area contributed by atoms with Crippen LogP contribution < -0.4 is 0 Å². The minimum atomic E-state index is 0.0883. The molecule has 0 spiro atoms. The van der Waals surface area contributed by atoms with Gasteiger partial charge in [0.2, 0.25) is 0 Å². The van der Waals surface area contributed by atoms with Crippen molar-refractivity contribution in [2.45, 2.75) is 26.2 Å². The van der Waals surface area contributed by atoms with E-state index < -0.39 is 0 Å². The van der Waals surface area contributed by atoms with Gasteiger partial charge in [-0.3, -0.25) is 0 Å². The summed E-state index contributed by atoms with van der Waals surface area (Å²) < 4.78 is 6.39. The van der Waals surface area contributed by atoms with Crippen molar-refractivity contribution in [2.75, 3.05) is 0 Å². The van der Waals surface area contributed by atoms with Crippen molar-refractivity contribution in [1.29, 1.82) is 0 Å². The Labute approximate surface area is 192 Å². The second-order valence-electron chi connectivity index (χ2n) is 10.2. The van der Waals surface area contributed by atoms with Gasteiger partial charge in [0.15, 0.2) is 0 Å². The van der Waals surface area contributed by atoms with Crippen LogP contribution in [0.15, 0.2) is 95.4 Å². The van der Waals surface area contributed by atoms with E-state index in [1.807, 2.05) is 6.07 Å². The van der Waals surface area contributed by atoms with Gasteiger partial charge in [0.05, 0.1) is 0 Å². The molecule has 0 N–H and O–H groups in total. The maximum absolute atomic E-state index is 6.39. The van der Waals surface area contributed by atoms with E-state index >= 15 is 0 Å². The highest BCUT2D eigenvalue weighted by atomic mass is 16.3. The van der Waals surface area contributed by atoms with E-state index in [0.29, 0.717) is 0 Å². The van der Waals surface area contributed by atoms with Crippen LogP contribution in [0.2, 0.25) is 0 Å². The molecule has 7 rings (SSSR count). The van der Waals surface area contributed by atoms with Crippen molar-refractivity contribution >= 4 is 54.3 Å².